The van der Waals surface area contributed by atoms with Crippen LogP contribution in [0.3, 0.4) is 0 Å². The summed E-state index contributed by atoms with van der Waals surface area (Å²) in [6.45, 7) is 0.711. The molecule has 2 aromatic carbocycles. The molecule has 0 spiro atoms. The van der Waals surface area contributed by atoms with E-state index in [9.17, 15) is 12.8 Å². The van der Waals surface area contributed by atoms with Crippen LogP contribution in [0.5, 0.6) is 11.5 Å². The molecule has 4 rings (SSSR count). The molecule has 228 valence electrons. The van der Waals surface area contributed by atoms with Crippen LogP contribution >= 0.6 is 11.6 Å². The maximum atomic E-state index is 15.9. The minimum absolute atomic E-state index is 0.00412. The lowest BCUT2D eigenvalue weighted by molar-refractivity contribution is -0.0100. The summed E-state index contributed by atoms with van der Waals surface area (Å²) in [5.41, 5.74) is -0.317. The molecule has 2 heterocycles. The first-order valence-corrected chi connectivity index (χ1v) is 14.7. The van der Waals surface area contributed by atoms with Crippen LogP contribution in [0.1, 0.15) is 12.0 Å². The fraction of sp³-hybridized carbons (Fsp3) is 0.393. The van der Waals surface area contributed by atoms with Crippen LogP contribution in [-0.4, -0.2) is 79.0 Å². The van der Waals surface area contributed by atoms with Crippen LogP contribution in [0.15, 0.2) is 47.4 Å². The predicted octanol–water partition coefficient (Wildman–Crippen LogP) is 4.72. The Balaban J connectivity index is 1.79. The highest BCUT2D eigenvalue weighted by Crippen LogP contribution is 2.40. The molecule has 0 aliphatic carbocycles. The Labute approximate surface area is 248 Å². The van der Waals surface area contributed by atoms with E-state index in [1.165, 1.54) is 38.5 Å². The first-order valence-electron chi connectivity index (χ1n) is 12.8. The quantitative estimate of drug-likeness (QED) is 0.223. The number of hydrogen-bond donors (Lipinski definition) is 0. The highest BCUT2D eigenvalue weighted by atomic mass is 35.5. The molecule has 0 bridgehead atoms. The topological polar surface area (TPSA) is 84.4 Å². The number of hydrogen-bond acceptors (Lipinski definition) is 8. The molecule has 14 heteroatoms. The van der Waals surface area contributed by atoms with Gasteiger partial charge in [0.05, 0.1) is 32.1 Å². The number of rotatable bonds is 11. The fourth-order valence-electron chi connectivity index (χ4n) is 5.09. The molecule has 1 aliphatic heterocycles. The van der Waals surface area contributed by atoms with Gasteiger partial charge in [0.2, 0.25) is 5.95 Å². The molecular weight excluding hydrogens is 597 g/mol. The molecule has 1 aliphatic rings. The van der Waals surface area contributed by atoms with Gasteiger partial charge in [-0.3, -0.25) is 0 Å². The third-order valence-electron chi connectivity index (χ3n) is 7.10. The number of methoxy groups -OCH3 is 3. The number of pyridine rings is 1. The number of sulfonamides is 1. The first kappa shape index (κ1) is 31.7. The van der Waals surface area contributed by atoms with Crippen molar-refractivity contribution in [3.63, 3.8) is 0 Å². The van der Waals surface area contributed by atoms with E-state index in [0.717, 1.165) is 12.1 Å². The third-order valence-corrected chi connectivity index (χ3v) is 9.25. The van der Waals surface area contributed by atoms with Gasteiger partial charge in [0.25, 0.3) is 10.0 Å². The van der Waals surface area contributed by atoms with Gasteiger partial charge in [-0.05, 0) is 44.8 Å². The molecule has 0 unspecified atom stereocenters. The Bertz CT molecular complexity index is 1560. The Kier molecular flexibility index (Phi) is 9.46. The monoisotopic (exact) mass is 628 g/mol. The molecule has 1 fully saturated rings. The van der Waals surface area contributed by atoms with Gasteiger partial charge < -0.3 is 24.0 Å². The summed E-state index contributed by atoms with van der Waals surface area (Å²) in [6.07, 6.45) is 0.560. The smallest absolute Gasteiger partial charge is 0.271 e. The molecule has 1 atom stereocenters. The van der Waals surface area contributed by atoms with E-state index in [4.69, 9.17) is 25.8 Å². The van der Waals surface area contributed by atoms with Crippen molar-refractivity contribution in [2.75, 3.05) is 64.3 Å². The van der Waals surface area contributed by atoms with Crippen LogP contribution in [0.2, 0.25) is 5.02 Å². The summed E-state index contributed by atoms with van der Waals surface area (Å²) in [6, 6.07) is 8.94. The molecule has 1 aromatic heterocycles. The van der Waals surface area contributed by atoms with Crippen LogP contribution in [-0.2, 0) is 21.3 Å². The second-order valence-corrected chi connectivity index (χ2v) is 12.3. The second kappa shape index (κ2) is 12.5. The Morgan fingerprint density at radius 2 is 1.81 bits per heavy atom. The number of likely N-dealkylation sites (N-methyl/N-ethyl adjacent to an activating group) is 1. The molecular formula is C28H32ClF3N4O5S. The lowest BCUT2D eigenvalue weighted by atomic mass is 10.0. The van der Waals surface area contributed by atoms with Crippen molar-refractivity contribution >= 4 is 33.1 Å². The van der Waals surface area contributed by atoms with E-state index in [2.05, 4.69) is 4.98 Å². The van der Waals surface area contributed by atoms with Crippen molar-refractivity contribution in [2.45, 2.75) is 23.5 Å². The average molecular weight is 629 g/mol. The highest BCUT2D eigenvalue weighted by molar-refractivity contribution is 7.92. The van der Waals surface area contributed by atoms with Crippen molar-refractivity contribution in [2.24, 2.45) is 0 Å². The zero-order valence-corrected chi connectivity index (χ0v) is 25.4. The van der Waals surface area contributed by atoms with Gasteiger partial charge in [-0.25, -0.2) is 26.5 Å². The van der Waals surface area contributed by atoms with Crippen molar-refractivity contribution in [3.8, 4) is 11.5 Å². The minimum Gasteiger partial charge on any atom is -0.497 e. The Morgan fingerprint density at radius 3 is 2.43 bits per heavy atom. The van der Waals surface area contributed by atoms with Gasteiger partial charge in [-0.2, -0.15) is 4.39 Å². The maximum absolute atomic E-state index is 15.9. The average Bonchev–Trinajstić information content (AvgIpc) is 3.36. The number of halogens is 4. The molecule has 9 nitrogen and oxygen atoms in total. The SMILES string of the molecule is COc1ccc(CN(c2cccc(F)n2)S(=O)(=O)c2c(F)cc(N3CC[C@](CN(C)C)(OC)C3)c(Cl)c2F)c(OC)c1. The maximum Gasteiger partial charge on any atom is 0.271 e. The van der Waals surface area contributed by atoms with E-state index in [0.29, 0.717) is 35.1 Å². The predicted molar refractivity (Wildman–Crippen MR) is 154 cm³/mol. The van der Waals surface area contributed by atoms with Gasteiger partial charge in [-0.1, -0.05) is 17.7 Å². The van der Waals surface area contributed by atoms with Gasteiger partial charge in [-0.15, -0.1) is 0 Å². The molecule has 0 saturated carbocycles. The number of ether oxygens (including phenoxy) is 3. The normalized spacial score (nSPS) is 17.1. The van der Waals surface area contributed by atoms with E-state index in [1.807, 2.05) is 19.0 Å². The minimum atomic E-state index is -5.04. The van der Waals surface area contributed by atoms with Gasteiger partial charge in [0.1, 0.15) is 28.2 Å². The zero-order chi connectivity index (χ0) is 30.8. The van der Waals surface area contributed by atoms with Crippen molar-refractivity contribution in [1.29, 1.82) is 0 Å². The van der Waals surface area contributed by atoms with Crippen molar-refractivity contribution in [3.05, 3.63) is 70.6 Å². The van der Waals surface area contributed by atoms with Gasteiger partial charge >= 0.3 is 0 Å². The number of aromatic nitrogens is 1. The van der Waals surface area contributed by atoms with Crippen LogP contribution in [0, 0.1) is 17.6 Å². The zero-order valence-electron chi connectivity index (χ0n) is 23.8. The molecule has 0 amide bonds. The van der Waals surface area contributed by atoms with E-state index < -0.39 is 55.5 Å². The third kappa shape index (κ3) is 6.24. The molecule has 42 heavy (non-hydrogen) atoms. The summed E-state index contributed by atoms with van der Waals surface area (Å²) in [4.78, 5) is 5.98. The number of anilines is 2. The van der Waals surface area contributed by atoms with E-state index in [1.54, 1.807) is 18.1 Å². The van der Waals surface area contributed by atoms with Gasteiger partial charge in [0, 0.05) is 44.4 Å². The summed E-state index contributed by atoms with van der Waals surface area (Å²) in [7, 11) is 3.10. The summed E-state index contributed by atoms with van der Waals surface area (Å²) in [5, 5.41) is -0.569. The van der Waals surface area contributed by atoms with Crippen molar-refractivity contribution < 1.29 is 35.8 Å². The number of benzene rings is 2. The summed E-state index contributed by atoms with van der Waals surface area (Å²) >= 11 is 6.39. The standard InChI is InChI=1S/C28H32ClF3N4O5S/c1-34(2)16-28(41-5)11-12-35(17-28)21-14-20(30)27(26(32)25(21)29)42(37,38)36(24-8-6-7-23(31)33-24)15-18-9-10-19(39-3)13-22(18)40-4/h6-10,13-14H,11-12,15-17H2,1-5H3/t28-/m1/s1. The lowest BCUT2D eigenvalue weighted by Crippen LogP contribution is -2.44. The second-order valence-electron chi connectivity index (χ2n) is 10.1. The van der Waals surface area contributed by atoms with E-state index in [-0.39, 0.29) is 18.0 Å². The van der Waals surface area contributed by atoms with Crippen LogP contribution in [0.4, 0.5) is 24.7 Å². The van der Waals surface area contributed by atoms with Crippen LogP contribution in [0.25, 0.3) is 0 Å². The molecule has 3 aromatic rings. The Hall–Kier alpha value is -3.26. The summed E-state index contributed by atoms with van der Waals surface area (Å²) < 4.78 is 90.7. The summed E-state index contributed by atoms with van der Waals surface area (Å²) in [5.74, 6) is -3.57. The highest BCUT2D eigenvalue weighted by Gasteiger charge is 2.41. The number of nitrogens with zero attached hydrogens (tertiary/aromatic N) is 4. The molecule has 1 saturated heterocycles. The first-order chi connectivity index (χ1) is 19.9. The van der Waals surface area contributed by atoms with Gasteiger partial charge in [0.15, 0.2) is 10.7 Å². The molecule has 0 radical (unpaired) electrons. The molecule has 0 N–H and O–H groups in total. The fourth-order valence-corrected chi connectivity index (χ4v) is 6.93. The van der Waals surface area contributed by atoms with Crippen LogP contribution < -0.4 is 18.7 Å². The largest absolute Gasteiger partial charge is 0.497 e. The Morgan fingerprint density at radius 1 is 1.07 bits per heavy atom. The van der Waals surface area contributed by atoms with Crippen molar-refractivity contribution in [1.82, 2.24) is 9.88 Å². The lowest BCUT2D eigenvalue weighted by Gasteiger charge is -2.31. The van der Waals surface area contributed by atoms with E-state index >= 15 is 8.78 Å².